The zero-order chi connectivity index (χ0) is 13.8. The highest BCUT2D eigenvalue weighted by molar-refractivity contribution is 5.92. The average Bonchev–Trinajstić information content (AvgIpc) is 2.80. The fourth-order valence-electron chi connectivity index (χ4n) is 2.23. The molecule has 2 N–H and O–H groups in total. The number of aliphatic carboxylic acids is 1. The van der Waals surface area contributed by atoms with Gasteiger partial charge < -0.3 is 10.4 Å². The molecule has 2 rings (SSSR count). The zero-order valence-electron chi connectivity index (χ0n) is 10.3. The minimum absolute atomic E-state index is 0.0364. The van der Waals surface area contributed by atoms with Crippen molar-refractivity contribution in [2.75, 3.05) is 18.4 Å². The lowest BCUT2D eigenvalue weighted by atomic mass is 10.2. The number of likely N-dealkylation sites (tertiary alicyclic amines) is 1. The van der Waals surface area contributed by atoms with Gasteiger partial charge in [-0.15, -0.1) is 0 Å². The molecule has 102 valence electrons. The summed E-state index contributed by atoms with van der Waals surface area (Å²) in [5.74, 6) is -1.83. The Kier molecular flexibility index (Phi) is 4.11. The Bertz CT molecular complexity index is 493. The maximum atomic E-state index is 13.3. The van der Waals surface area contributed by atoms with Crippen LogP contribution in [0.3, 0.4) is 0 Å². The molecule has 0 unspecified atom stereocenters. The van der Waals surface area contributed by atoms with Crippen LogP contribution >= 0.6 is 0 Å². The Morgan fingerprint density at radius 3 is 2.84 bits per heavy atom. The number of halogens is 1. The van der Waals surface area contributed by atoms with Crippen molar-refractivity contribution in [1.82, 2.24) is 4.90 Å². The van der Waals surface area contributed by atoms with Crippen molar-refractivity contribution in [2.45, 2.75) is 18.9 Å². The molecule has 1 heterocycles. The van der Waals surface area contributed by atoms with Gasteiger partial charge in [-0.1, -0.05) is 12.1 Å². The summed E-state index contributed by atoms with van der Waals surface area (Å²) in [6.45, 7) is 0.535. The molecule has 0 aromatic heterocycles. The molecule has 1 aromatic carbocycles. The average molecular weight is 266 g/mol. The number of rotatable bonds is 4. The van der Waals surface area contributed by atoms with Gasteiger partial charge in [-0.3, -0.25) is 14.5 Å². The molecular weight excluding hydrogens is 251 g/mol. The van der Waals surface area contributed by atoms with Gasteiger partial charge in [-0.25, -0.2) is 4.39 Å². The van der Waals surface area contributed by atoms with Crippen LogP contribution < -0.4 is 5.32 Å². The van der Waals surface area contributed by atoms with Crippen LogP contribution in [0.1, 0.15) is 12.8 Å². The number of amides is 1. The van der Waals surface area contributed by atoms with Crippen molar-refractivity contribution in [3.05, 3.63) is 30.1 Å². The molecule has 0 radical (unpaired) electrons. The zero-order valence-corrected chi connectivity index (χ0v) is 10.3. The van der Waals surface area contributed by atoms with E-state index in [2.05, 4.69) is 5.32 Å². The summed E-state index contributed by atoms with van der Waals surface area (Å²) in [7, 11) is 0. The quantitative estimate of drug-likeness (QED) is 0.862. The van der Waals surface area contributed by atoms with Crippen LogP contribution in [-0.2, 0) is 9.59 Å². The van der Waals surface area contributed by atoms with E-state index in [1.807, 2.05) is 0 Å². The Labute approximate surface area is 110 Å². The predicted octanol–water partition coefficient (Wildman–Crippen LogP) is 1.31. The summed E-state index contributed by atoms with van der Waals surface area (Å²) in [6.07, 6.45) is 1.30. The van der Waals surface area contributed by atoms with E-state index in [-0.39, 0.29) is 12.2 Å². The lowest BCUT2D eigenvalue weighted by Crippen LogP contribution is -2.41. The molecule has 1 aromatic rings. The van der Waals surface area contributed by atoms with Crippen molar-refractivity contribution < 1.29 is 19.1 Å². The van der Waals surface area contributed by atoms with Crippen molar-refractivity contribution in [2.24, 2.45) is 0 Å². The minimum atomic E-state index is -0.920. The van der Waals surface area contributed by atoms with Crippen molar-refractivity contribution in [3.8, 4) is 0 Å². The van der Waals surface area contributed by atoms with E-state index in [1.165, 1.54) is 18.2 Å². The lowest BCUT2D eigenvalue weighted by molar-refractivity contribution is -0.142. The Morgan fingerprint density at radius 2 is 2.16 bits per heavy atom. The van der Waals surface area contributed by atoms with Gasteiger partial charge in [0.05, 0.1) is 12.2 Å². The van der Waals surface area contributed by atoms with Crippen LogP contribution in [0.2, 0.25) is 0 Å². The first kappa shape index (κ1) is 13.5. The smallest absolute Gasteiger partial charge is 0.320 e. The summed E-state index contributed by atoms with van der Waals surface area (Å²) in [5.41, 5.74) is 0.110. The molecule has 1 amide bonds. The monoisotopic (exact) mass is 266 g/mol. The van der Waals surface area contributed by atoms with Crippen LogP contribution in [-0.4, -0.2) is 41.0 Å². The SMILES string of the molecule is O=C(CN1CCC[C@H]1C(=O)O)Nc1ccccc1F. The van der Waals surface area contributed by atoms with E-state index in [9.17, 15) is 14.0 Å². The number of nitrogens with one attached hydrogen (secondary N) is 1. The molecule has 19 heavy (non-hydrogen) atoms. The molecule has 1 atom stereocenters. The molecule has 0 saturated carbocycles. The predicted molar refractivity (Wildman–Crippen MR) is 67.3 cm³/mol. The summed E-state index contributed by atoms with van der Waals surface area (Å²) < 4.78 is 13.3. The van der Waals surface area contributed by atoms with E-state index in [1.54, 1.807) is 11.0 Å². The maximum Gasteiger partial charge on any atom is 0.320 e. The first-order chi connectivity index (χ1) is 9.08. The van der Waals surface area contributed by atoms with E-state index in [4.69, 9.17) is 5.11 Å². The lowest BCUT2D eigenvalue weighted by Gasteiger charge is -2.20. The van der Waals surface area contributed by atoms with Gasteiger partial charge in [0.2, 0.25) is 5.91 Å². The van der Waals surface area contributed by atoms with Crippen LogP contribution in [0.5, 0.6) is 0 Å². The van der Waals surface area contributed by atoms with Gasteiger partial charge >= 0.3 is 5.97 Å². The Balaban J connectivity index is 1.95. The first-order valence-corrected chi connectivity index (χ1v) is 6.09. The summed E-state index contributed by atoms with van der Waals surface area (Å²) in [4.78, 5) is 24.3. The number of hydrogen-bond acceptors (Lipinski definition) is 3. The molecule has 5 nitrogen and oxygen atoms in total. The van der Waals surface area contributed by atoms with Gasteiger partial charge in [0.15, 0.2) is 0 Å². The largest absolute Gasteiger partial charge is 0.480 e. The topological polar surface area (TPSA) is 69.6 Å². The molecule has 0 aliphatic carbocycles. The molecule has 6 heteroatoms. The number of carboxylic acids is 1. The fraction of sp³-hybridized carbons (Fsp3) is 0.385. The third-order valence-electron chi connectivity index (χ3n) is 3.14. The standard InChI is InChI=1S/C13H15FN2O3/c14-9-4-1-2-5-10(9)15-12(17)8-16-7-3-6-11(16)13(18)19/h1-2,4-5,11H,3,6-8H2,(H,15,17)(H,18,19)/t11-/m0/s1. The fourth-order valence-corrected chi connectivity index (χ4v) is 2.23. The van der Waals surface area contributed by atoms with Crippen LogP contribution in [0.4, 0.5) is 10.1 Å². The molecular formula is C13H15FN2O3. The second kappa shape index (κ2) is 5.79. The highest BCUT2D eigenvalue weighted by Gasteiger charge is 2.31. The van der Waals surface area contributed by atoms with Gasteiger partial charge in [0.1, 0.15) is 11.9 Å². The number of benzene rings is 1. The van der Waals surface area contributed by atoms with Gasteiger partial charge in [0, 0.05) is 0 Å². The highest BCUT2D eigenvalue weighted by atomic mass is 19.1. The van der Waals surface area contributed by atoms with Gasteiger partial charge in [0.25, 0.3) is 0 Å². The molecule has 1 aliphatic heterocycles. The molecule has 0 spiro atoms. The number of para-hydroxylation sites is 1. The number of nitrogens with zero attached hydrogens (tertiary/aromatic N) is 1. The summed E-state index contributed by atoms with van der Waals surface area (Å²) >= 11 is 0. The maximum absolute atomic E-state index is 13.3. The molecule has 1 aliphatic rings. The normalized spacial score (nSPS) is 19.3. The van der Waals surface area contributed by atoms with E-state index >= 15 is 0 Å². The molecule has 1 saturated heterocycles. The van der Waals surface area contributed by atoms with Crippen LogP contribution in [0.25, 0.3) is 0 Å². The number of carbonyl (C=O) groups is 2. The molecule has 1 fully saturated rings. The number of carbonyl (C=O) groups excluding carboxylic acids is 1. The summed E-state index contributed by atoms with van der Waals surface area (Å²) in [5, 5.41) is 11.4. The van der Waals surface area contributed by atoms with Gasteiger partial charge in [-0.05, 0) is 31.5 Å². The second-order valence-electron chi connectivity index (χ2n) is 4.49. The van der Waals surface area contributed by atoms with E-state index < -0.39 is 23.7 Å². The number of anilines is 1. The highest BCUT2D eigenvalue weighted by Crippen LogP contribution is 2.17. The van der Waals surface area contributed by atoms with E-state index in [0.717, 1.165) is 6.42 Å². The molecule has 0 bridgehead atoms. The van der Waals surface area contributed by atoms with Crippen LogP contribution in [0.15, 0.2) is 24.3 Å². The third kappa shape index (κ3) is 3.29. The van der Waals surface area contributed by atoms with E-state index in [0.29, 0.717) is 13.0 Å². The third-order valence-corrected chi connectivity index (χ3v) is 3.14. The second-order valence-corrected chi connectivity index (χ2v) is 4.49. The Morgan fingerprint density at radius 1 is 1.42 bits per heavy atom. The number of carboxylic acid groups (broad SMARTS) is 1. The first-order valence-electron chi connectivity index (χ1n) is 6.09. The van der Waals surface area contributed by atoms with Crippen molar-refractivity contribution in [3.63, 3.8) is 0 Å². The summed E-state index contributed by atoms with van der Waals surface area (Å²) in [6, 6.07) is 5.25. The van der Waals surface area contributed by atoms with Crippen LogP contribution in [0, 0.1) is 5.82 Å². The number of hydrogen-bond donors (Lipinski definition) is 2. The Hall–Kier alpha value is -1.95. The van der Waals surface area contributed by atoms with Crippen molar-refractivity contribution in [1.29, 1.82) is 0 Å². The minimum Gasteiger partial charge on any atom is -0.480 e. The van der Waals surface area contributed by atoms with Gasteiger partial charge in [-0.2, -0.15) is 0 Å². The van der Waals surface area contributed by atoms with Crippen molar-refractivity contribution >= 4 is 17.6 Å².